The number of aromatic hydroxyl groups is 2. The van der Waals surface area contributed by atoms with Gasteiger partial charge in [-0.3, -0.25) is 9.59 Å². The molecule has 2 N–H and O–H groups in total. The predicted molar refractivity (Wildman–Crippen MR) is 91.8 cm³/mol. The first-order valence-corrected chi connectivity index (χ1v) is 8.87. The van der Waals surface area contributed by atoms with Crippen LogP contribution < -0.4 is 0 Å². The zero-order chi connectivity index (χ0) is 17.9. The van der Waals surface area contributed by atoms with Gasteiger partial charge in [-0.05, 0) is 26.8 Å². The molecule has 1 unspecified atom stereocenters. The molecule has 0 radical (unpaired) electrons. The number of ether oxygens (including phenoxy) is 1. The lowest BCUT2D eigenvalue weighted by molar-refractivity contribution is -0.155. The summed E-state index contributed by atoms with van der Waals surface area (Å²) in [5.74, 6) is -0.276. The highest BCUT2D eigenvalue weighted by molar-refractivity contribution is 7.99. The van der Waals surface area contributed by atoms with Crippen LogP contribution in [0, 0.1) is 0 Å². The van der Waals surface area contributed by atoms with Crippen molar-refractivity contribution in [3.8, 4) is 11.5 Å². The Labute approximate surface area is 145 Å². The normalized spacial score (nSPS) is 18.5. The summed E-state index contributed by atoms with van der Waals surface area (Å²) in [7, 11) is 0. The van der Waals surface area contributed by atoms with Crippen LogP contribution in [0.25, 0.3) is 0 Å². The van der Waals surface area contributed by atoms with Crippen molar-refractivity contribution in [1.82, 2.24) is 4.90 Å². The second-order valence-electron chi connectivity index (χ2n) is 6.61. The Morgan fingerprint density at radius 1 is 1.38 bits per heavy atom. The van der Waals surface area contributed by atoms with Crippen molar-refractivity contribution in [1.29, 1.82) is 0 Å². The van der Waals surface area contributed by atoms with E-state index < -0.39 is 11.0 Å². The number of carbonyl (C=O) groups is 2. The SMILES string of the molecule is CC(C)(C)OC(=O)CCN1C(=O)CCSC1c1cccc(O)c1O. The summed E-state index contributed by atoms with van der Waals surface area (Å²) < 4.78 is 5.27. The molecule has 6 nitrogen and oxygen atoms in total. The Balaban J connectivity index is 2.13. The third kappa shape index (κ3) is 4.56. The number of hydrogen-bond acceptors (Lipinski definition) is 6. The van der Waals surface area contributed by atoms with Crippen LogP contribution >= 0.6 is 11.8 Å². The van der Waals surface area contributed by atoms with E-state index in [-0.39, 0.29) is 36.3 Å². The van der Waals surface area contributed by atoms with Gasteiger partial charge in [0, 0.05) is 24.3 Å². The van der Waals surface area contributed by atoms with Gasteiger partial charge >= 0.3 is 5.97 Å². The van der Waals surface area contributed by atoms with E-state index in [9.17, 15) is 19.8 Å². The van der Waals surface area contributed by atoms with Crippen molar-refractivity contribution in [2.24, 2.45) is 0 Å². The van der Waals surface area contributed by atoms with Crippen molar-refractivity contribution in [2.75, 3.05) is 12.3 Å². The number of benzene rings is 1. The highest BCUT2D eigenvalue weighted by Crippen LogP contribution is 2.43. The number of phenols is 2. The molecule has 7 heteroatoms. The van der Waals surface area contributed by atoms with Gasteiger partial charge in [-0.1, -0.05) is 12.1 Å². The maximum atomic E-state index is 12.3. The van der Waals surface area contributed by atoms with E-state index in [1.54, 1.807) is 37.8 Å². The number of hydrogen-bond donors (Lipinski definition) is 2. The first-order chi connectivity index (χ1) is 11.2. The number of nitrogens with zero attached hydrogens (tertiary/aromatic N) is 1. The van der Waals surface area contributed by atoms with Crippen LogP contribution in [0.3, 0.4) is 0 Å². The largest absolute Gasteiger partial charge is 0.504 e. The van der Waals surface area contributed by atoms with Crippen LogP contribution in [0.1, 0.15) is 44.6 Å². The zero-order valence-corrected chi connectivity index (χ0v) is 14.9. The van der Waals surface area contributed by atoms with Gasteiger partial charge in [0.1, 0.15) is 11.0 Å². The molecule has 0 saturated carbocycles. The molecule has 1 amide bonds. The molecule has 1 aromatic carbocycles. The number of carbonyl (C=O) groups excluding carboxylic acids is 2. The average molecular weight is 353 g/mol. The number of rotatable bonds is 4. The van der Waals surface area contributed by atoms with Crippen molar-refractivity contribution in [2.45, 2.75) is 44.6 Å². The Morgan fingerprint density at radius 2 is 2.08 bits per heavy atom. The quantitative estimate of drug-likeness (QED) is 0.639. The molecular formula is C17H23NO5S. The maximum absolute atomic E-state index is 12.3. The maximum Gasteiger partial charge on any atom is 0.308 e. The molecule has 2 rings (SSSR count). The molecule has 1 atom stereocenters. The smallest absolute Gasteiger partial charge is 0.308 e. The van der Waals surface area contributed by atoms with Crippen LogP contribution in [-0.2, 0) is 14.3 Å². The van der Waals surface area contributed by atoms with Crippen molar-refractivity contribution >= 4 is 23.6 Å². The van der Waals surface area contributed by atoms with E-state index in [1.807, 2.05) is 0 Å². The minimum absolute atomic E-state index is 0.0787. The molecule has 1 aliphatic heterocycles. The molecule has 0 aliphatic carbocycles. The first kappa shape index (κ1) is 18.4. The molecule has 0 spiro atoms. The summed E-state index contributed by atoms with van der Waals surface area (Å²) in [4.78, 5) is 25.8. The molecule has 24 heavy (non-hydrogen) atoms. The fourth-order valence-electron chi connectivity index (χ4n) is 2.47. The summed E-state index contributed by atoms with van der Waals surface area (Å²) in [5, 5.41) is 19.4. The molecular weight excluding hydrogens is 330 g/mol. The van der Waals surface area contributed by atoms with Gasteiger partial charge in [-0.15, -0.1) is 11.8 Å². The van der Waals surface area contributed by atoms with Crippen molar-refractivity contribution in [3.05, 3.63) is 23.8 Å². The fraction of sp³-hybridized carbons (Fsp3) is 0.529. The van der Waals surface area contributed by atoms with Gasteiger partial charge in [0.2, 0.25) is 5.91 Å². The summed E-state index contributed by atoms with van der Waals surface area (Å²) in [6.45, 7) is 5.58. The predicted octanol–water partition coefficient (Wildman–Crippen LogP) is 2.79. The minimum atomic E-state index is -0.569. The molecule has 0 aromatic heterocycles. The van der Waals surface area contributed by atoms with Crippen LogP contribution in [0.5, 0.6) is 11.5 Å². The van der Waals surface area contributed by atoms with Crippen molar-refractivity contribution in [3.63, 3.8) is 0 Å². The third-order valence-electron chi connectivity index (χ3n) is 3.48. The van der Waals surface area contributed by atoms with E-state index in [2.05, 4.69) is 0 Å². The highest BCUT2D eigenvalue weighted by Gasteiger charge is 2.32. The van der Waals surface area contributed by atoms with Gasteiger partial charge in [-0.25, -0.2) is 0 Å². The van der Waals surface area contributed by atoms with E-state index in [4.69, 9.17) is 4.74 Å². The molecule has 1 saturated heterocycles. The second-order valence-corrected chi connectivity index (χ2v) is 7.80. The van der Waals surface area contributed by atoms with Crippen LogP contribution in [0.4, 0.5) is 0 Å². The lowest BCUT2D eigenvalue weighted by Crippen LogP contribution is -2.39. The molecule has 1 fully saturated rings. The summed E-state index contributed by atoms with van der Waals surface area (Å²) in [6, 6.07) is 4.68. The minimum Gasteiger partial charge on any atom is -0.504 e. The monoisotopic (exact) mass is 353 g/mol. The third-order valence-corrected chi connectivity index (χ3v) is 4.75. The first-order valence-electron chi connectivity index (χ1n) is 7.83. The van der Waals surface area contributed by atoms with Gasteiger partial charge in [0.15, 0.2) is 11.5 Å². The molecule has 132 valence electrons. The summed E-state index contributed by atoms with van der Waals surface area (Å²) in [5.41, 5.74) is -0.0992. The Hall–Kier alpha value is -1.89. The lowest BCUT2D eigenvalue weighted by Gasteiger charge is -2.35. The van der Waals surface area contributed by atoms with E-state index >= 15 is 0 Å². The van der Waals surface area contributed by atoms with Crippen molar-refractivity contribution < 1.29 is 24.5 Å². The van der Waals surface area contributed by atoms with E-state index in [0.29, 0.717) is 17.7 Å². The summed E-state index contributed by atoms with van der Waals surface area (Å²) in [6.07, 6.45) is 0.467. The van der Waals surface area contributed by atoms with Gasteiger partial charge in [-0.2, -0.15) is 0 Å². The lowest BCUT2D eigenvalue weighted by atomic mass is 10.1. The number of thioether (sulfide) groups is 1. The Morgan fingerprint density at radius 3 is 2.75 bits per heavy atom. The van der Waals surface area contributed by atoms with Gasteiger partial charge in [0.05, 0.1) is 6.42 Å². The molecule has 1 aliphatic rings. The van der Waals surface area contributed by atoms with Crippen LogP contribution in [0.15, 0.2) is 18.2 Å². The molecule has 0 bridgehead atoms. The number of amides is 1. The highest BCUT2D eigenvalue weighted by atomic mass is 32.2. The summed E-state index contributed by atoms with van der Waals surface area (Å²) >= 11 is 1.50. The fourth-order valence-corrected chi connectivity index (χ4v) is 3.76. The Bertz CT molecular complexity index is 626. The van der Waals surface area contributed by atoms with Gasteiger partial charge < -0.3 is 19.8 Å². The molecule has 1 aromatic rings. The standard InChI is InChI=1S/C17H23NO5S/c1-17(2,3)23-14(21)7-9-18-13(20)8-10-24-16(18)11-5-4-6-12(19)15(11)22/h4-6,16,19,22H,7-10H2,1-3H3. The second kappa shape index (κ2) is 7.34. The molecule has 1 heterocycles. The topological polar surface area (TPSA) is 87.1 Å². The number of esters is 1. The zero-order valence-electron chi connectivity index (χ0n) is 14.1. The average Bonchev–Trinajstić information content (AvgIpc) is 2.47. The Kier molecular flexibility index (Phi) is 5.64. The van der Waals surface area contributed by atoms with E-state index in [0.717, 1.165) is 0 Å². The number of phenolic OH excluding ortho intramolecular Hbond substituents is 2. The van der Waals surface area contributed by atoms with Gasteiger partial charge in [0.25, 0.3) is 0 Å². The van der Waals surface area contributed by atoms with Crippen LogP contribution in [0.2, 0.25) is 0 Å². The number of para-hydroxylation sites is 1. The van der Waals surface area contributed by atoms with Crippen LogP contribution in [-0.4, -0.2) is 44.9 Å². The van der Waals surface area contributed by atoms with E-state index in [1.165, 1.54) is 17.8 Å².